The lowest BCUT2D eigenvalue weighted by Gasteiger charge is -2.30. The Kier molecular flexibility index (Phi) is 3.08. The third-order valence-corrected chi connectivity index (χ3v) is 4.30. The Morgan fingerprint density at radius 1 is 1.11 bits per heavy atom. The van der Waals surface area contributed by atoms with Crippen LogP contribution in [0.15, 0.2) is 40.9 Å². The third kappa shape index (κ3) is 2.15. The highest BCUT2D eigenvalue weighted by Crippen LogP contribution is 2.25. The molecule has 0 amide bonds. The predicted molar refractivity (Wildman–Crippen MR) is 77.9 cm³/mol. The molecule has 3 rings (SSSR count). The Balaban J connectivity index is 1.89. The van der Waals surface area contributed by atoms with Crippen LogP contribution in [0.3, 0.4) is 0 Å². The van der Waals surface area contributed by atoms with Crippen LogP contribution in [0.25, 0.3) is 0 Å². The molecule has 1 aliphatic heterocycles. The first-order chi connectivity index (χ1) is 8.74. The van der Waals surface area contributed by atoms with Gasteiger partial charge in [-0.05, 0) is 52.5 Å². The quantitative estimate of drug-likeness (QED) is 0.798. The van der Waals surface area contributed by atoms with Gasteiger partial charge in [0.15, 0.2) is 0 Å². The van der Waals surface area contributed by atoms with Gasteiger partial charge in [-0.2, -0.15) is 0 Å². The van der Waals surface area contributed by atoms with Crippen molar-refractivity contribution in [3.63, 3.8) is 0 Å². The van der Waals surface area contributed by atoms with Crippen LogP contribution < -0.4 is 4.90 Å². The highest BCUT2D eigenvalue weighted by molar-refractivity contribution is 9.10. The highest BCUT2D eigenvalue weighted by atomic mass is 79.9. The lowest BCUT2D eigenvalue weighted by molar-refractivity contribution is 0.719. The zero-order valence-electron chi connectivity index (χ0n) is 10.4. The molecule has 0 N–H and O–H groups in total. The predicted octanol–water partition coefficient (Wildman–Crippen LogP) is 3.72. The fraction of sp³-hybridized carbons (Fsp3) is 0.267. The molecule has 2 nitrogen and oxygen atoms in total. The second-order valence-electron chi connectivity index (χ2n) is 4.68. The second kappa shape index (κ2) is 4.73. The van der Waals surface area contributed by atoms with Crippen molar-refractivity contribution in [2.24, 2.45) is 0 Å². The summed E-state index contributed by atoms with van der Waals surface area (Å²) in [5.74, 6) is 1.07. The molecule has 0 spiro atoms. The first kappa shape index (κ1) is 11.7. The first-order valence-electron chi connectivity index (χ1n) is 6.19. The van der Waals surface area contributed by atoms with E-state index in [1.54, 1.807) is 0 Å². The van der Waals surface area contributed by atoms with Crippen molar-refractivity contribution in [2.45, 2.75) is 19.9 Å². The molecule has 1 aliphatic rings. The molecule has 2 heterocycles. The average molecular weight is 303 g/mol. The van der Waals surface area contributed by atoms with Gasteiger partial charge in [0.1, 0.15) is 5.82 Å². The van der Waals surface area contributed by atoms with Crippen molar-refractivity contribution in [1.82, 2.24) is 4.98 Å². The van der Waals surface area contributed by atoms with Crippen LogP contribution in [0.1, 0.15) is 16.8 Å². The standard InChI is InChI=1S/C15H15BrN2/c1-11-14(16)6-7-15(17-11)18-9-8-12-4-2-3-5-13(12)10-18/h2-7H,8-10H2,1H3. The van der Waals surface area contributed by atoms with E-state index < -0.39 is 0 Å². The van der Waals surface area contributed by atoms with Crippen molar-refractivity contribution in [1.29, 1.82) is 0 Å². The molecule has 1 aromatic heterocycles. The van der Waals surface area contributed by atoms with Gasteiger partial charge in [0.25, 0.3) is 0 Å². The van der Waals surface area contributed by atoms with Gasteiger partial charge in [-0.15, -0.1) is 0 Å². The summed E-state index contributed by atoms with van der Waals surface area (Å²) in [4.78, 5) is 7.00. The summed E-state index contributed by atoms with van der Waals surface area (Å²) in [5, 5.41) is 0. The summed E-state index contributed by atoms with van der Waals surface area (Å²) < 4.78 is 1.07. The molecule has 0 fully saturated rings. The molecule has 0 radical (unpaired) electrons. The molecule has 1 aromatic carbocycles. The molecular formula is C15H15BrN2. The van der Waals surface area contributed by atoms with Crippen molar-refractivity contribution >= 4 is 21.7 Å². The lowest BCUT2D eigenvalue weighted by atomic mass is 10.00. The molecule has 0 bridgehead atoms. The fourth-order valence-electron chi connectivity index (χ4n) is 2.40. The first-order valence-corrected chi connectivity index (χ1v) is 6.98. The molecule has 0 saturated carbocycles. The molecule has 0 atom stereocenters. The van der Waals surface area contributed by atoms with E-state index in [-0.39, 0.29) is 0 Å². The van der Waals surface area contributed by atoms with Crippen molar-refractivity contribution < 1.29 is 0 Å². The summed E-state index contributed by atoms with van der Waals surface area (Å²) in [6.07, 6.45) is 1.10. The van der Waals surface area contributed by atoms with Crippen LogP contribution in [0.5, 0.6) is 0 Å². The van der Waals surface area contributed by atoms with Crippen LogP contribution in [0.2, 0.25) is 0 Å². The van der Waals surface area contributed by atoms with Gasteiger partial charge in [-0.25, -0.2) is 4.98 Å². The second-order valence-corrected chi connectivity index (χ2v) is 5.53. The molecule has 2 aromatic rings. The van der Waals surface area contributed by atoms with E-state index in [2.05, 4.69) is 62.2 Å². The molecule has 18 heavy (non-hydrogen) atoms. The van der Waals surface area contributed by atoms with E-state index in [4.69, 9.17) is 0 Å². The van der Waals surface area contributed by atoms with Gasteiger partial charge in [-0.3, -0.25) is 0 Å². The number of hydrogen-bond donors (Lipinski definition) is 0. The topological polar surface area (TPSA) is 16.1 Å². The van der Waals surface area contributed by atoms with Crippen LogP contribution in [0.4, 0.5) is 5.82 Å². The summed E-state index contributed by atoms with van der Waals surface area (Å²) >= 11 is 3.50. The van der Waals surface area contributed by atoms with Crippen molar-refractivity contribution in [3.05, 3.63) is 57.7 Å². The Morgan fingerprint density at radius 2 is 1.89 bits per heavy atom. The van der Waals surface area contributed by atoms with Crippen LogP contribution in [-0.2, 0) is 13.0 Å². The maximum Gasteiger partial charge on any atom is 0.129 e. The Hall–Kier alpha value is -1.35. The number of anilines is 1. The maximum absolute atomic E-state index is 4.65. The zero-order chi connectivity index (χ0) is 12.5. The third-order valence-electron chi connectivity index (χ3n) is 3.46. The van der Waals surface area contributed by atoms with E-state index in [0.717, 1.165) is 35.5 Å². The van der Waals surface area contributed by atoms with Gasteiger partial charge in [0.05, 0.1) is 5.69 Å². The number of fused-ring (bicyclic) bond motifs is 1. The summed E-state index contributed by atoms with van der Waals surface area (Å²) in [5.41, 5.74) is 3.94. The Bertz CT molecular complexity index is 580. The molecule has 0 unspecified atom stereocenters. The highest BCUT2D eigenvalue weighted by Gasteiger charge is 2.17. The smallest absolute Gasteiger partial charge is 0.129 e. The van der Waals surface area contributed by atoms with Gasteiger partial charge < -0.3 is 4.90 Å². The Morgan fingerprint density at radius 3 is 2.67 bits per heavy atom. The Labute approximate surface area is 116 Å². The summed E-state index contributed by atoms with van der Waals surface area (Å²) in [6.45, 7) is 4.04. The van der Waals surface area contributed by atoms with Crippen LogP contribution in [-0.4, -0.2) is 11.5 Å². The number of hydrogen-bond acceptors (Lipinski definition) is 2. The fourth-order valence-corrected chi connectivity index (χ4v) is 2.62. The number of pyridine rings is 1. The van der Waals surface area contributed by atoms with Gasteiger partial charge >= 0.3 is 0 Å². The molecule has 92 valence electrons. The monoisotopic (exact) mass is 302 g/mol. The molecular weight excluding hydrogens is 288 g/mol. The maximum atomic E-state index is 4.65. The minimum absolute atomic E-state index is 0.963. The number of aromatic nitrogens is 1. The zero-order valence-corrected chi connectivity index (χ0v) is 11.9. The molecule has 0 aliphatic carbocycles. The normalized spacial score (nSPS) is 14.4. The number of nitrogens with zero attached hydrogens (tertiary/aromatic N) is 2. The van der Waals surface area contributed by atoms with Crippen LogP contribution >= 0.6 is 15.9 Å². The minimum atomic E-state index is 0.963. The van der Waals surface area contributed by atoms with Crippen molar-refractivity contribution in [2.75, 3.05) is 11.4 Å². The number of aryl methyl sites for hydroxylation is 1. The van der Waals surface area contributed by atoms with E-state index in [1.165, 1.54) is 11.1 Å². The van der Waals surface area contributed by atoms with Crippen molar-refractivity contribution in [3.8, 4) is 0 Å². The number of rotatable bonds is 1. The SMILES string of the molecule is Cc1nc(N2CCc3ccccc3C2)ccc1Br. The van der Waals surface area contributed by atoms with Gasteiger partial charge in [-0.1, -0.05) is 24.3 Å². The van der Waals surface area contributed by atoms with Crippen LogP contribution in [0, 0.1) is 6.92 Å². The molecule has 0 saturated heterocycles. The number of halogens is 1. The lowest BCUT2D eigenvalue weighted by Crippen LogP contribution is -2.31. The minimum Gasteiger partial charge on any atom is -0.352 e. The van der Waals surface area contributed by atoms with Gasteiger partial charge in [0, 0.05) is 17.6 Å². The van der Waals surface area contributed by atoms with E-state index in [9.17, 15) is 0 Å². The van der Waals surface area contributed by atoms with E-state index in [1.807, 2.05) is 6.92 Å². The van der Waals surface area contributed by atoms with E-state index in [0.29, 0.717) is 0 Å². The summed E-state index contributed by atoms with van der Waals surface area (Å²) in [6, 6.07) is 12.8. The van der Waals surface area contributed by atoms with E-state index >= 15 is 0 Å². The largest absolute Gasteiger partial charge is 0.352 e. The average Bonchev–Trinajstić information content (AvgIpc) is 2.41. The summed E-state index contributed by atoms with van der Waals surface area (Å²) in [7, 11) is 0. The molecule has 3 heteroatoms. The number of benzene rings is 1. The van der Waals surface area contributed by atoms with Gasteiger partial charge in [0.2, 0.25) is 0 Å².